The molecule has 2 nitrogen and oxygen atoms in total. The number of Topliss-reactive ketones (excluding diaryl/α,β-unsaturated/α-hetero) is 1. The summed E-state index contributed by atoms with van der Waals surface area (Å²) in [5, 5.41) is 1.37. The summed E-state index contributed by atoms with van der Waals surface area (Å²) in [7, 11) is 2.11. The first-order valence-electron chi connectivity index (χ1n) is 6.72. The van der Waals surface area contributed by atoms with Gasteiger partial charge in [-0.15, -0.1) is 0 Å². The summed E-state index contributed by atoms with van der Waals surface area (Å²) < 4.78 is 2.21. The van der Waals surface area contributed by atoms with E-state index in [0.717, 1.165) is 25.7 Å². The van der Waals surface area contributed by atoms with Crippen LogP contribution in [0.3, 0.4) is 0 Å². The number of carbonyl (C=O) groups is 1. The molecule has 2 heteroatoms. The van der Waals surface area contributed by atoms with Crippen LogP contribution in [0.15, 0.2) is 24.4 Å². The smallest absolute Gasteiger partial charge is 0.132 e. The molecule has 0 amide bonds. The summed E-state index contributed by atoms with van der Waals surface area (Å²) in [6.45, 7) is 2.14. The zero-order chi connectivity index (χ0) is 12.7. The van der Waals surface area contributed by atoms with E-state index >= 15 is 0 Å². The molecule has 3 rings (SSSR count). The minimum absolute atomic E-state index is 0.433. The van der Waals surface area contributed by atoms with E-state index in [1.807, 2.05) is 0 Å². The SMILES string of the molecule is Cc1ccc2c(c1)c(C1CCC(=O)CC1)cn2C. The summed E-state index contributed by atoms with van der Waals surface area (Å²) in [6, 6.07) is 6.64. The van der Waals surface area contributed by atoms with Crippen LogP contribution in [0.2, 0.25) is 0 Å². The van der Waals surface area contributed by atoms with Crippen molar-refractivity contribution in [2.45, 2.75) is 38.5 Å². The van der Waals surface area contributed by atoms with Crippen molar-refractivity contribution >= 4 is 16.7 Å². The summed E-state index contributed by atoms with van der Waals surface area (Å²) in [4.78, 5) is 11.4. The van der Waals surface area contributed by atoms with Gasteiger partial charge in [-0.25, -0.2) is 0 Å². The Morgan fingerprint density at radius 2 is 1.94 bits per heavy atom. The Balaban J connectivity index is 2.06. The van der Waals surface area contributed by atoms with Gasteiger partial charge in [0.2, 0.25) is 0 Å². The fourth-order valence-electron chi connectivity index (χ4n) is 3.11. The van der Waals surface area contributed by atoms with Crippen molar-refractivity contribution in [3.8, 4) is 0 Å². The molecule has 0 radical (unpaired) electrons. The first kappa shape index (κ1) is 11.5. The maximum Gasteiger partial charge on any atom is 0.132 e. The average molecular weight is 241 g/mol. The van der Waals surface area contributed by atoms with Gasteiger partial charge in [-0.3, -0.25) is 4.79 Å². The zero-order valence-corrected chi connectivity index (χ0v) is 11.1. The van der Waals surface area contributed by atoms with Crippen LogP contribution in [-0.4, -0.2) is 10.4 Å². The van der Waals surface area contributed by atoms with Crippen molar-refractivity contribution in [1.82, 2.24) is 4.57 Å². The van der Waals surface area contributed by atoms with Crippen LogP contribution in [0.25, 0.3) is 10.9 Å². The monoisotopic (exact) mass is 241 g/mol. The lowest BCUT2D eigenvalue weighted by molar-refractivity contribution is -0.120. The van der Waals surface area contributed by atoms with Gasteiger partial charge >= 0.3 is 0 Å². The molecule has 1 aromatic heterocycles. The second-order valence-electron chi connectivity index (χ2n) is 5.53. The number of aromatic nitrogens is 1. The third-order valence-electron chi connectivity index (χ3n) is 4.16. The highest BCUT2D eigenvalue weighted by Crippen LogP contribution is 2.36. The van der Waals surface area contributed by atoms with Gasteiger partial charge in [-0.05, 0) is 43.4 Å². The maximum absolute atomic E-state index is 11.4. The number of carbonyl (C=O) groups excluding carboxylic acids is 1. The zero-order valence-electron chi connectivity index (χ0n) is 11.1. The molecule has 0 saturated heterocycles. The van der Waals surface area contributed by atoms with Crippen molar-refractivity contribution in [2.75, 3.05) is 0 Å². The Kier molecular flexibility index (Phi) is 2.73. The van der Waals surface area contributed by atoms with Crippen molar-refractivity contribution in [1.29, 1.82) is 0 Å². The van der Waals surface area contributed by atoms with Crippen LogP contribution in [0.1, 0.15) is 42.7 Å². The molecule has 2 aromatic rings. The maximum atomic E-state index is 11.4. The number of aryl methyl sites for hydroxylation is 2. The number of nitrogens with zero attached hydrogens (tertiary/aromatic N) is 1. The first-order chi connectivity index (χ1) is 8.65. The fraction of sp³-hybridized carbons (Fsp3) is 0.438. The van der Waals surface area contributed by atoms with Gasteiger partial charge < -0.3 is 4.57 Å². The minimum Gasteiger partial charge on any atom is -0.350 e. The summed E-state index contributed by atoms with van der Waals surface area (Å²) in [5.41, 5.74) is 4.04. The predicted octanol–water partition coefficient (Wildman–Crippen LogP) is 3.71. The van der Waals surface area contributed by atoms with Crippen LogP contribution < -0.4 is 0 Å². The largest absolute Gasteiger partial charge is 0.350 e. The lowest BCUT2D eigenvalue weighted by atomic mass is 9.83. The quantitative estimate of drug-likeness (QED) is 0.746. The molecule has 0 N–H and O–H groups in total. The van der Waals surface area contributed by atoms with E-state index in [2.05, 4.69) is 42.9 Å². The van der Waals surface area contributed by atoms with Crippen LogP contribution in [0, 0.1) is 6.92 Å². The van der Waals surface area contributed by atoms with Crippen molar-refractivity contribution in [3.63, 3.8) is 0 Å². The Hall–Kier alpha value is -1.57. The third-order valence-corrected chi connectivity index (χ3v) is 4.16. The van der Waals surface area contributed by atoms with Gasteiger partial charge in [0.15, 0.2) is 0 Å². The summed E-state index contributed by atoms with van der Waals surface area (Å²) in [5.74, 6) is 0.996. The van der Waals surface area contributed by atoms with Crippen LogP contribution in [-0.2, 0) is 11.8 Å². The van der Waals surface area contributed by atoms with Crippen LogP contribution in [0.5, 0.6) is 0 Å². The third kappa shape index (κ3) is 1.86. The van der Waals surface area contributed by atoms with Gasteiger partial charge in [0.1, 0.15) is 5.78 Å². The van der Waals surface area contributed by atoms with E-state index in [0.29, 0.717) is 11.7 Å². The van der Waals surface area contributed by atoms with Crippen molar-refractivity contribution in [2.24, 2.45) is 7.05 Å². The summed E-state index contributed by atoms with van der Waals surface area (Å²) in [6.07, 6.45) is 5.81. The molecular weight excluding hydrogens is 222 g/mol. The minimum atomic E-state index is 0.433. The van der Waals surface area contributed by atoms with Gasteiger partial charge in [0.25, 0.3) is 0 Å². The molecule has 1 aliphatic rings. The molecule has 0 bridgehead atoms. The Morgan fingerprint density at radius 3 is 2.67 bits per heavy atom. The average Bonchev–Trinajstić information content (AvgIpc) is 2.67. The Bertz CT molecular complexity index is 599. The molecule has 0 atom stereocenters. The number of hydrogen-bond acceptors (Lipinski definition) is 1. The molecule has 1 fully saturated rings. The number of hydrogen-bond donors (Lipinski definition) is 0. The lowest BCUT2D eigenvalue weighted by Crippen LogP contribution is -2.12. The molecule has 1 heterocycles. The molecule has 1 aromatic carbocycles. The molecule has 0 unspecified atom stereocenters. The Morgan fingerprint density at radius 1 is 1.22 bits per heavy atom. The van der Waals surface area contributed by atoms with E-state index < -0.39 is 0 Å². The molecule has 18 heavy (non-hydrogen) atoms. The Labute approximate surface area is 108 Å². The molecule has 0 aliphatic heterocycles. The highest BCUT2D eigenvalue weighted by atomic mass is 16.1. The summed E-state index contributed by atoms with van der Waals surface area (Å²) >= 11 is 0. The second kappa shape index (κ2) is 4.27. The van der Waals surface area contributed by atoms with E-state index in [9.17, 15) is 4.79 Å². The van der Waals surface area contributed by atoms with E-state index in [1.54, 1.807) is 0 Å². The van der Waals surface area contributed by atoms with Crippen molar-refractivity contribution < 1.29 is 4.79 Å². The number of rotatable bonds is 1. The number of fused-ring (bicyclic) bond motifs is 1. The number of benzene rings is 1. The molecule has 0 spiro atoms. The second-order valence-corrected chi connectivity index (χ2v) is 5.53. The highest BCUT2D eigenvalue weighted by Gasteiger charge is 2.23. The van der Waals surface area contributed by atoms with E-state index in [-0.39, 0.29) is 0 Å². The van der Waals surface area contributed by atoms with Gasteiger partial charge in [-0.1, -0.05) is 11.6 Å². The molecule has 94 valence electrons. The molecule has 1 aliphatic carbocycles. The highest BCUT2D eigenvalue weighted by molar-refractivity contribution is 5.86. The fourth-order valence-corrected chi connectivity index (χ4v) is 3.11. The topological polar surface area (TPSA) is 22.0 Å². The first-order valence-corrected chi connectivity index (χ1v) is 6.72. The number of ketones is 1. The predicted molar refractivity (Wildman–Crippen MR) is 73.9 cm³/mol. The molecule has 1 saturated carbocycles. The van der Waals surface area contributed by atoms with Gasteiger partial charge in [0, 0.05) is 37.0 Å². The molecular formula is C16H19NO. The van der Waals surface area contributed by atoms with Gasteiger partial charge in [0.05, 0.1) is 0 Å². The normalized spacial score (nSPS) is 17.6. The lowest BCUT2D eigenvalue weighted by Gasteiger charge is -2.20. The van der Waals surface area contributed by atoms with E-state index in [4.69, 9.17) is 0 Å². The van der Waals surface area contributed by atoms with Crippen LogP contribution >= 0.6 is 0 Å². The van der Waals surface area contributed by atoms with Crippen molar-refractivity contribution in [3.05, 3.63) is 35.5 Å². The standard InChI is InChI=1S/C16H19NO/c1-11-3-8-16-14(9-11)15(10-17(16)2)12-4-6-13(18)7-5-12/h3,8-10,12H,4-7H2,1-2H3. The van der Waals surface area contributed by atoms with Gasteiger partial charge in [-0.2, -0.15) is 0 Å². The van der Waals surface area contributed by atoms with Crippen LogP contribution in [0.4, 0.5) is 0 Å². The van der Waals surface area contributed by atoms with E-state index in [1.165, 1.54) is 22.0 Å².